The van der Waals surface area contributed by atoms with Gasteiger partial charge in [0.25, 0.3) is 0 Å². The number of amides is 1. The summed E-state index contributed by atoms with van der Waals surface area (Å²) in [6, 6.07) is 0. The molecule has 3 rings (SSSR count). The summed E-state index contributed by atoms with van der Waals surface area (Å²) in [5, 5.41) is 7.52. The minimum Gasteiger partial charge on any atom is -0.355 e. The van der Waals surface area contributed by atoms with Crippen LogP contribution in [0.5, 0.6) is 0 Å². The molecule has 0 unspecified atom stereocenters. The van der Waals surface area contributed by atoms with Crippen LogP contribution in [0.1, 0.15) is 64.4 Å². The van der Waals surface area contributed by atoms with Gasteiger partial charge in [-0.15, -0.1) is 0 Å². The third-order valence-electron chi connectivity index (χ3n) is 6.35. The van der Waals surface area contributed by atoms with Crippen molar-refractivity contribution in [3.05, 3.63) is 18.0 Å². The van der Waals surface area contributed by atoms with Gasteiger partial charge in [-0.25, -0.2) is 0 Å². The lowest BCUT2D eigenvalue weighted by atomic mass is 9.77. The van der Waals surface area contributed by atoms with Crippen molar-refractivity contribution in [3.63, 3.8) is 0 Å². The van der Waals surface area contributed by atoms with Gasteiger partial charge < -0.3 is 5.32 Å². The molecule has 0 bridgehead atoms. The maximum absolute atomic E-state index is 12.8. The van der Waals surface area contributed by atoms with Crippen LogP contribution in [-0.4, -0.2) is 63.8 Å². The lowest BCUT2D eigenvalue weighted by Crippen LogP contribution is -2.54. The van der Waals surface area contributed by atoms with Crippen molar-refractivity contribution >= 4 is 5.91 Å². The fourth-order valence-corrected chi connectivity index (χ4v) is 5.06. The predicted molar refractivity (Wildman–Crippen MR) is 113 cm³/mol. The molecule has 2 aliphatic rings. The van der Waals surface area contributed by atoms with Crippen LogP contribution in [-0.2, 0) is 18.4 Å². The largest absolute Gasteiger partial charge is 0.355 e. The second kappa shape index (κ2) is 9.88. The first-order chi connectivity index (χ1) is 13.5. The molecule has 1 aromatic heterocycles. The maximum Gasteiger partial charge on any atom is 0.221 e. The summed E-state index contributed by atoms with van der Waals surface area (Å²) >= 11 is 0. The monoisotopic (exact) mass is 389 g/mol. The Bertz CT molecular complexity index is 620. The van der Waals surface area contributed by atoms with E-state index in [1.165, 1.54) is 37.7 Å². The summed E-state index contributed by atoms with van der Waals surface area (Å²) < 4.78 is 1.86. The van der Waals surface area contributed by atoms with Gasteiger partial charge in [-0.1, -0.05) is 33.1 Å². The van der Waals surface area contributed by atoms with Crippen LogP contribution in [0, 0.1) is 5.92 Å². The van der Waals surface area contributed by atoms with E-state index in [1.54, 1.807) is 0 Å². The van der Waals surface area contributed by atoms with Crippen LogP contribution in [0.3, 0.4) is 0 Å². The summed E-state index contributed by atoms with van der Waals surface area (Å²) in [7, 11) is 1.96. The zero-order valence-electron chi connectivity index (χ0n) is 18.1. The second-order valence-electron chi connectivity index (χ2n) is 9.30. The standard InChI is InChI=1S/C22H39N5O/c1-19(2)16-27-12-7-11-26(18-20-15-24-25(3)17-20)13-10-23-21(28)14-22(27)8-5-4-6-9-22/h15,17,19H,4-14,16,18H2,1-3H3,(H,23,28). The highest BCUT2D eigenvalue weighted by atomic mass is 16.1. The SMILES string of the molecule is CC(C)CN1CCCN(Cc2cnn(C)c2)CCNC(=O)CC12CCCCC2. The van der Waals surface area contributed by atoms with Gasteiger partial charge in [0, 0.05) is 56.9 Å². The molecule has 1 aliphatic carbocycles. The van der Waals surface area contributed by atoms with Crippen LogP contribution in [0.2, 0.25) is 0 Å². The van der Waals surface area contributed by atoms with E-state index in [1.807, 2.05) is 17.9 Å². The molecule has 1 N–H and O–H groups in total. The molecule has 0 atom stereocenters. The molecular weight excluding hydrogens is 350 g/mol. The Balaban J connectivity index is 1.72. The van der Waals surface area contributed by atoms with E-state index in [4.69, 9.17) is 0 Å². The summed E-state index contributed by atoms with van der Waals surface area (Å²) in [5.74, 6) is 0.859. The summed E-state index contributed by atoms with van der Waals surface area (Å²) in [6.45, 7) is 10.4. The van der Waals surface area contributed by atoms with Crippen molar-refractivity contribution in [1.29, 1.82) is 0 Å². The lowest BCUT2D eigenvalue weighted by Gasteiger charge is -2.47. The Hall–Kier alpha value is -1.40. The normalized spacial score (nSPS) is 22.9. The molecule has 1 aromatic rings. The van der Waals surface area contributed by atoms with Crippen LogP contribution in [0.15, 0.2) is 12.4 Å². The topological polar surface area (TPSA) is 53.4 Å². The van der Waals surface area contributed by atoms with Crippen LogP contribution >= 0.6 is 0 Å². The van der Waals surface area contributed by atoms with Crippen molar-refractivity contribution in [2.45, 2.75) is 70.9 Å². The molecule has 2 heterocycles. The van der Waals surface area contributed by atoms with Crippen molar-refractivity contribution in [2.75, 3.05) is 32.7 Å². The van der Waals surface area contributed by atoms with E-state index >= 15 is 0 Å². The zero-order chi connectivity index (χ0) is 20.0. The Morgan fingerprint density at radius 1 is 1.14 bits per heavy atom. The minimum absolute atomic E-state index is 0.0745. The Labute approximate surface area is 170 Å². The van der Waals surface area contributed by atoms with Gasteiger partial charge in [-0.05, 0) is 38.3 Å². The fraction of sp³-hybridized carbons (Fsp3) is 0.818. The highest BCUT2D eigenvalue weighted by Crippen LogP contribution is 2.37. The van der Waals surface area contributed by atoms with Gasteiger partial charge in [0.2, 0.25) is 5.91 Å². The molecule has 1 saturated carbocycles. The van der Waals surface area contributed by atoms with Gasteiger partial charge in [0.15, 0.2) is 0 Å². The number of aryl methyl sites for hydroxylation is 1. The maximum atomic E-state index is 12.8. The van der Waals surface area contributed by atoms with E-state index in [9.17, 15) is 4.79 Å². The first-order valence-corrected chi connectivity index (χ1v) is 11.2. The number of carbonyl (C=O) groups is 1. The third-order valence-corrected chi connectivity index (χ3v) is 6.35. The molecule has 158 valence electrons. The highest BCUT2D eigenvalue weighted by Gasteiger charge is 2.39. The molecule has 2 fully saturated rings. The van der Waals surface area contributed by atoms with Gasteiger partial charge in [-0.2, -0.15) is 5.10 Å². The first-order valence-electron chi connectivity index (χ1n) is 11.2. The Kier molecular flexibility index (Phi) is 7.52. The molecule has 1 amide bonds. The fourth-order valence-electron chi connectivity index (χ4n) is 5.06. The van der Waals surface area contributed by atoms with Crippen molar-refractivity contribution in [1.82, 2.24) is 24.9 Å². The van der Waals surface area contributed by atoms with Gasteiger partial charge in [0.05, 0.1) is 6.20 Å². The molecule has 0 aromatic carbocycles. The zero-order valence-corrected chi connectivity index (χ0v) is 18.1. The molecule has 1 spiro atoms. The molecule has 0 radical (unpaired) electrons. The Morgan fingerprint density at radius 3 is 2.61 bits per heavy atom. The van der Waals surface area contributed by atoms with Crippen molar-refractivity contribution < 1.29 is 4.79 Å². The Morgan fingerprint density at radius 2 is 1.93 bits per heavy atom. The quantitative estimate of drug-likeness (QED) is 0.860. The van der Waals surface area contributed by atoms with E-state index in [-0.39, 0.29) is 11.4 Å². The van der Waals surface area contributed by atoms with E-state index in [2.05, 4.69) is 40.3 Å². The molecule has 6 nitrogen and oxygen atoms in total. The highest BCUT2D eigenvalue weighted by molar-refractivity contribution is 5.77. The third kappa shape index (κ3) is 5.80. The van der Waals surface area contributed by atoms with Crippen molar-refractivity contribution in [3.8, 4) is 0 Å². The average molecular weight is 390 g/mol. The minimum atomic E-state index is 0.0745. The molecule has 1 aliphatic heterocycles. The van der Waals surface area contributed by atoms with Crippen LogP contribution in [0.25, 0.3) is 0 Å². The van der Waals surface area contributed by atoms with Gasteiger partial charge in [0.1, 0.15) is 0 Å². The van der Waals surface area contributed by atoms with E-state index < -0.39 is 0 Å². The number of aromatic nitrogens is 2. The summed E-state index contributed by atoms with van der Waals surface area (Å²) in [4.78, 5) is 18.0. The number of nitrogens with one attached hydrogen (secondary N) is 1. The van der Waals surface area contributed by atoms with Crippen molar-refractivity contribution in [2.24, 2.45) is 13.0 Å². The van der Waals surface area contributed by atoms with Gasteiger partial charge in [-0.3, -0.25) is 19.3 Å². The molecule has 1 saturated heterocycles. The molecule has 28 heavy (non-hydrogen) atoms. The van der Waals surface area contributed by atoms with Crippen LogP contribution in [0.4, 0.5) is 0 Å². The average Bonchev–Trinajstić information content (AvgIpc) is 3.04. The molecular formula is C22H39N5O. The van der Waals surface area contributed by atoms with Crippen LogP contribution < -0.4 is 5.32 Å². The summed E-state index contributed by atoms with van der Waals surface area (Å²) in [5.41, 5.74) is 1.32. The summed E-state index contributed by atoms with van der Waals surface area (Å²) in [6.07, 6.45) is 12.0. The van der Waals surface area contributed by atoms with E-state index in [0.29, 0.717) is 12.3 Å². The second-order valence-corrected chi connectivity index (χ2v) is 9.30. The first kappa shape index (κ1) is 21.3. The number of rotatable bonds is 4. The number of carbonyl (C=O) groups excluding carboxylic acids is 1. The predicted octanol–water partition coefficient (Wildman–Crippen LogP) is 2.79. The smallest absolute Gasteiger partial charge is 0.221 e. The lowest BCUT2D eigenvalue weighted by molar-refractivity contribution is -0.125. The molecule has 6 heteroatoms. The number of hydrogen-bond donors (Lipinski definition) is 1. The number of hydrogen-bond acceptors (Lipinski definition) is 4. The van der Waals surface area contributed by atoms with Gasteiger partial charge >= 0.3 is 0 Å². The number of nitrogens with zero attached hydrogens (tertiary/aromatic N) is 4. The van der Waals surface area contributed by atoms with E-state index in [0.717, 1.165) is 45.7 Å².